The summed E-state index contributed by atoms with van der Waals surface area (Å²) in [7, 11) is 0. The summed E-state index contributed by atoms with van der Waals surface area (Å²) in [5.41, 5.74) is 4.25. The molecule has 2 rings (SSSR count). The summed E-state index contributed by atoms with van der Waals surface area (Å²) >= 11 is 0. The smallest absolute Gasteiger partial charge is 0.133 e. The monoisotopic (exact) mass is 327 g/mol. The van der Waals surface area contributed by atoms with Crippen LogP contribution in [-0.2, 0) is 0 Å². The molecule has 0 radical (unpaired) electrons. The molecular formula is C21H29NO2. The number of rotatable bonds is 7. The summed E-state index contributed by atoms with van der Waals surface area (Å²) in [4.78, 5) is 0. The lowest BCUT2D eigenvalue weighted by atomic mass is 10.0. The van der Waals surface area contributed by atoms with Crippen LogP contribution in [0.3, 0.4) is 0 Å². The van der Waals surface area contributed by atoms with Gasteiger partial charge in [0, 0.05) is 17.8 Å². The third kappa shape index (κ3) is 4.44. The van der Waals surface area contributed by atoms with E-state index in [2.05, 4.69) is 52.1 Å². The van der Waals surface area contributed by atoms with Crippen LogP contribution in [0.5, 0.6) is 17.2 Å². The Morgan fingerprint density at radius 1 is 1.08 bits per heavy atom. The number of anilines is 1. The van der Waals surface area contributed by atoms with Crippen LogP contribution in [0, 0.1) is 13.8 Å². The lowest BCUT2D eigenvalue weighted by molar-refractivity contribution is 0.452. The molecular weight excluding hydrogens is 298 g/mol. The van der Waals surface area contributed by atoms with E-state index < -0.39 is 0 Å². The van der Waals surface area contributed by atoms with Crippen molar-refractivity contribution in [2.24, 2.45) is 0 Å². The molecule has 0 amide bonds. The number of ether oxygens (including phenoxy) is 1. The van der Waals surface area contributed by atoms with Gasteiger partial charge in [-0.25, -0.2) is 0 Å². The molecule has 2 aromatic carbocycles. The van der Waals surface area contributed by atoms with Gasteiger partial charge in [-0.3, -0.25) is 0 Å². The summed E-state index contributed by atoms with van der Waals surface area (Å²) < 4.78 is 6.13. The molecule has 0 saturated carbocycles. The summed E-state index contributed by atoms with van der Waals surface area (Å²) in [5.74, 6) is 2.22. The predicted octanol–water partition coefficient (Wildman–Crippen LogP) is 6.14. The lowest BCUT2D eigenvalue weighted by Gasteiger charge is -2.16. The van der Waals surface area contributed by atoms with Gasteiger partial charge in [-0.2, -0.15) is 0 Å². The number of hydrogen-bond donors (Lipinski definition) is 2. The van der Waals surface area contributed by atoms with Gasteiger partial charge in [-0.1, -0.05) is 27.2 Å². The first kappa shape index (κ1) is 18.2. The van der Waals surface area contributed by atoms with Crippen molar-refractivity contribution in [2.45, 2.75) is 53.4 Å². The van der Waals surface area contributed by atoms with Gasteiger partial charge < -0.3 is 15.2 Å². The molecule has 0 heterocycles. The van der Waals surface area contributed by atoms with Crippen LogP contribution >= 0.6 is 0 Å². The number of aromatic hydroxyl groups is 1. The van der Waals surface area contributed by atoms with E-state index in [0.717, 1.165) is 40.4 Å². The van der Waals surface area contributed by atoms with Crippen molar-refractivity contribution >= 4 is 5.69 Å². The molecule has 2 N–H and O–H groups in total. The molecule has 24 heavy (non-hydrogen) atoms. The number of benzene rings is 2. The van der Waals surface area contributed by atoms with Crippen molar-refractivity contribution in [3.05, 3.63) is 47.0 Å². The van der Waals surface area contributed by atoms with Crippen molar-refractivity contribution in [3.63, 3.8) is 0 Å². The third-order valence-corrected chi connectivity index (χ3v) is 4.16. The van der Waals surface area contributed by atoms with Crippen LogP contribution in [0.1, 0.15) is 56.2 Å². The fourth-order valence-corrected chi connectivity index (χ4v) is 2.80. The number of aryl methyl sites for hydroxylation is 2. The average Bonchev–Trinajstić information content (AvgIpc) is 2.52. The Morgan fingerprint density at radius 2 is 1.75 bits per heavy atom. The van der Waals surface area contributed by atoms with Gasteiger partial charge in [-0.15, -0.1) is 0 Å². The minimum Gasteiger partial charge on any atom is -0.508 e. The van der Waals surface area contributed by atoms with Crippen LogP contribution < -0.4 is 10.1 Å². The van der Waals surface area contributed by atoms with Crippen molar-refractivity contribution in [3.8, 4) is 17.2 Å². The summed E-state index contributed by atoms with van der Waals surface area (Å²) in [6.45, 7) is 11.4. The van der Waals surface area contributed by atoms with Gasteiger partial charge in [0.05, 0.1) is 0 Å². The van der Waals surface area contributed by atoms with Crippen LogP contribution in [0.2, 0.25) is 0 Å². The minimum absolute atomic E-state index is 0.251. The van der Waals surface area contributed by atoms with E-state index in [4.69, 9.17) is 4.74 Å². The van der Waals surface area contributed by atoms with Gasteiger partial charge in [0.1, 0.15) is 17.2 Å². The Hall–Kier alpha value is -2.16. The van der Waals surface area contributed by atoms with Crippen LogP contribution in [0.4, 0.5) is 5.69 Å². The van der Waals surface area contributed by atoms with Gasteiger partial charge in [0.2, 0.25) is 0 Å². The number of phenols is 1. The first-order valence-electron chi connectivity index (χ1n) is 8.78. The predicted molar refractivity (Wildman–Crippen MR) is 102 cm³/mol. The minimum atomic E-state index is 0.251. The SMILES string of the molecule is CCCCNc1cc(C)c(Oc2ccc(O)c(C(C)C)c2)c(C)c1. The molecule has 0 aliphatic heterocycles. The Labute approximate surface area is 145 Å². The van der Waals surface area contributed by atoms with Crippen molar-refractivity contribution in [2.75, 3.05) is 11.9 Å². The number of hydrogen-bond acceptors (Lipinski definition) is 3. The molecule has 0 bridgehead atoms. The first-order chi connectivity index (χ1) is 11.4. The van der Waals surface area contributed by atoms with E-state index in [0.29, 0.717) is 5.75 Å². The second-order valence-corrected chi connectivity index (χ2v) is 6.70. The van der Waals surface area contributed by atoms with Crippen molar-refractivity contribution in [1.29, 1.82) is 0 Å². The van der Waals surface area contributed by atoms with Crippen LogP contribution in [0.25, 0.3) is 0 Å². The normalized spacial score (nSPS) is 10.9. The quantitative estimate of drug-likeness (QED) is 0.600. The van der Waals surface area contributed by atoms with E-state index in [1.807, 2.05) is 12.1 Å². The Morgan fingerprint density at radius 3 is 2.33 bits per heavy atom. The standard InChI is InChI=1S/C21H29NO2/c1-6-7-10-22-17-11-15(4)21(16(5)12-17)24-18-8-9-20(23)19(13-18)14(2)3/h8-9,11-14,22-23H,6-7,10H2,1-5H3. The van der Waals surface area contributed by atoms with Gasteiger partial charge in [0.25, 0.3) is 0 Å². The highest BCUT2D eigenvalue weighted by atomic mass is 16.5. The lowest BCUT2D eigenvalue weighted by Crippen LogP contribution is -2.02. The number of nitrogens with one attached hydrogen (secondary N) is 1. The molecule has 0 aliphatic rings. The molecule has 0 fully saturated rings. The molecule has 0 spiro atoms. The summed E-state index contributed by atoms with van der Waals surface area (Å²) in [6, 6.07) is 9.69. The largest absolute Gasteiger partial charge is 0.508 e. The molecule has 0 unspecified atom stereocenters. The topological polar surface area (TPSA) is 41.5 Å². The molecule has 2 aromatic rings. The first-order valence-corrected chi connectivity index (χ1v) is 8.78. The third-order valence-electron chi connectivity index (χ3n) is 4.16. The van der Waals surface area contributed by atoms with Crippen molar-refractivity contribution in [1.82, 2.24) is 0 Å². The molecule has 3 nitrogen and oxygen atoms in total. The highest BCUT2D eigenvalue weighted by Gasteiger charge is 2.11. The molecule has 130 valence electrons. The van der Waals surface area contributed by atoms with E-state index >= 15 is 0 Å². The van der Waals surface area contributed by atoms with E-state index in [-0.39, 0.29) is 5.92 Å². The van der Waals surface area contributed by atoms with Gasteiger partial charge in [0.15, 0.2) is 0 Å². The molecule has 0 aliphatic carbocycles. The van der Waals surface area contributed by atoms with Gasteiger partial charge in [-0.05, 0) is 67.6 Å². The highest BCUT2D eigenvalue weighted by molar-refractivity contribution is 5.56. The van der Waals surface area contributed by atoms with E-state index in [9.17, 15) is 5.11 Å². The Kier molecular flexibility index (Phi) is 6.13. The molecule has 0 aromatic heterocycles. The van der Waals surface area contributed by atoms with Crippen LogP contribution in [0.15, 0.2) is 30.3 Å². The summed E-state index contributed by atoms with van der Waals surface area (Å²) in [6.07, 6.45) is 2.35. The molecule has 3 heteroatoms. The fraction of sp³-hybridized carbons (Fsp3) is 0.429. The zero-order valence-electron chi connectivity index (χ0n) is 15.4. The molecule has 0 atom stereocenters. The number of unbranched alkanes of at least 4 members (excludes halogenated alkanes) is 1. The maximum absolute atomic E-state index is 9.96. The molecule has 0 saturated heterocycles. The van der Waals surface area contributed by atoms with Gasteiger partial charge >= 0.3 is 0 Å². The van der Waals surface area contributed by atoms with E-state index in [1.165, 1.54) is 12.8 Å². The zero-order chi connectivity index (χ0) is 17.7. The van der Waals surface area contributed by atoms with Crippen LogP contribution in [-0.4, -0.2) is 11.7 Å². The fourth-order valence-electron chi connectivity index (χ4n) is 2.80. The Balaban J connectivity index is 2.22. The average molecular weight is 327 g/mol. The zero-order valence-corrected chi connectivity index (χ0v) is 15.4. The van der Waals surface area contributed by atoms with E-state index in [1.54, 1.807) is 6.07 Å². The maximum Gasteiger partial charge on any atom is 0.133 e. The second kappa shape index (κ2) is 8.09. The highest BCUT2D eigenvalue weighted by Crippen LogP contribution is 2.35. The summed E-state index contributed by atoms with van der Waals surface area (Å²) in [5, 5.41) is 13.4. The maximum atomic E-state index is 9.96. The van der Waals surface area contributed by atoms with Crippen molar-refractivity contribution < 1.29 is 9.84 Å². The second-order valence-electron chi connectivity index (χ2n) is 6.70. The number of phenolic OH excluding ortho intramolecular Hbond substituents is 1. The Bertz CT molecular complexity index is 669.